The summed E-state index contributed by atoms with van der Waals surface area (Å²) >= 11 is 0. The van der Waals surface area contributed by atoms with Crippen LogP contribution in [0, 0.1) is 18.8 Å². The standard InChI is InChI=1S/C25H31NO5S/c1-17(2)23-14-21(15-24(28)20-8-6-5-7-9-20)25(29,19(4)27)16-26(23)32(30,31)22-12-10-18(3)11-13-22/h5-13,17,21,23,29H,14-16H2,1-4H3/t21-,23-,25+/m1/s1. The van der Waals surface area contributed by atoms with Gasteiger partial charge in [-0.15, -0.1) is 0 Å². The maximum absolute atomic E-state index is 13.5. The van der Waals surface area contributed by atoms with Crippen LogP contribution >= 0.6 is 0 Å². The fraction of sp³-hybridized carbons (Fsp3) is 0.440. The lowest BCUT2D eigenvalue weighted by Crippen LogP contribution is -2.63. The Labute approximate surface area is 190 Å². The van der Waals surface area contributed by atoms with Crippen LogP contribution < -0.4 is 0 Å². The molecule has 1 N–H and O–H groups in total. The Morgan fingerprint density at radius 3 is 2.22 bits per heavy atom. The Morgan fingerprint density at radius 2 is 1.69 bits per heavy atom. The zero-order valence-electron chi connectivity index (χ0n) is 19.0. The van der Waals surface area contributed by atoms with E-state index in [4.69, 9.17) is 0 Å². The summed E-state index contributed by atoms with van der Waals surface area (Å²) in [5, 5.41) is 11.4. The van der Waals surface area contributed by atoms with Crippen molar-refractivity contribution in [3.8, 4) is 0 Å². The number of carbonyl (C=O) groups is 2. The van der Waals surface area contributed by atoms with E-state index in [0.29, 0.717) is 5.56 Å². The van der Waals surface area contributed by atoms with Gasteiger partial charge >= 0.3 is 0 Å². The molecule has 0 bridgehead atoms. The van der Waals surface area contributed by atoms with Crippen LogP contribution in [0.1, 0.15) is 49.5 Å². The molecule has 0 aromatic heterocycles. The molecule has 7 heteroatoms. The molecule has 1 aliphatic rings. The third-order valence-corrected chi connectivity index (χ3v) is 8.39. The Balaban J connectivity index is 1.98. The van der Waals surface area contributed by atoms with Crippen LogP contribution in [0.2, 0.25) is 0 Å². The third kappa shape index (κ3) is 4.70. The smallest absolute Gasteiger partial charge is 0.243 e. The molecule has 2 aromatic rings. The number of sulfonamides is 1. The second kappa shape index (κ2) is 9.25. The van der Waals surface area contributed by atoms with Crippen LogP contribution in [0.3, 0.4) is 0 Å². The van der Waals surface area contributed by atoms with E-state index in [0.717, 1.165) is 5.56 Å². The molecule has 0 spiro atoms. The van der Waals surface area contributed by atoms with E-state index in [9.17, 15) is 23.1 Å². The van der Waals surface area contributed by atoms with Gasteiger partial charge < -0.3 is 5.11 Å². The summed E-state index contributed by atoms with van der Waals surface area (Å²) in [6, 6.07) is 14.8. The first-order valence-corrected chi connectivity index (χ1v) is 12.3. The van der Waals surface area contributed by atoms with Crippen LogP contribution in [0.4, 0.5) is 0 Å². The van der Waals surface area contributed by atoms with Crippen molar-refractivity contribution in [2.45, 2.75) is 57.1 Å². The molecule has 0 radical (unpaired) electrons. The van der Waals surface area contributed by atoms with E-state index in [2.05, 4.69) is 0 Å². The van der Waals surface area contributed by atoms with E-state index >= 15 is 0 Å². The lowest BCUT2D eigenvalue weighted by atomic mass is 9.72. The van der Waals surface area contributed by atoms with Crippen molar-refractivity contribution in [1.82, 2.24) is 4.31 Å². The Kier molecular flexibility index (Phi) is 7.03. The van der Waals surface area contributed by atoms with Gasteiger partial charge in [0.2, 0.25) is 10.0 Å². The average Bonchev–Trinajstić information content (AvgIpc) is 2.75. The highest BCUT2D eigenvalue weighted by Gasteiger charge is 2.53. The maximum Gasteiger partial charge on any atom is 0.243 e. The SMILES string of the molecule is CC(=O)[C@@]1(O)CN(S(=O)(=O)c2ccc(C)cc2)[C@@H](C(C)C)C[C@@H]1CC(=O)c1ccccc1. The fourth-order valence-corrected chi connectivity index (χ4v) is 6.22. The van der Waals surface area contributed by atoms with E-state index in [1.807, 2.05) is 26.8 Å². The molecular weight excluding hydrogens is 426 g/mol. The van der Waals surface area contributed by atoms with Gasteiger partial charge in [0.05, 0.1) is 11.4 Å². The molecule has 2 aromatic carbocycles. The van der Waals surface area contributed by atoms with Gasteiger partial charge in [-0.25, -0.2) is 8.42 Å². The minimum Gasteiger partial charge on any atom is -0.380 e. The van der Waals surface area contributed by atoms with Crippen LogP contribution in [0.25, 0.3) is 0 Å². The predicted octanol–water partition coefficient (Wildman–Crippen LogP) is 3.62. The fourth-order valence-electron chi connectivity index (χ4n) is 4.42. The number of ketones is 2. The molecule has 1 heterocycles. The van der Waals surface area contributed by atoms with E-state index in [1.165, 1.54) is 11.2 Å². The minimum absolute atomic E-state index is 0.0261. The monoisotopic (exact) mass is 457 g/mol. The Bertz CT molecular complexity index is 1080. The van der Waals surface area contributed by atoms with Gasteiger partial charge in [-0.05, 0) is 38.3 Å². The van der Waals surface area contributed by atoms with Gasteiger partial charge in [-0.1, -0.05) is 61.9 Å². The molecule has 1 saturated heterocycles. The highest BCUT2D eigenvalue weighted by molar-refractivity contribution is 7.89. The second-order valence-corrected chi connectivity index (χ2v) is 11.0. The molecule has 0 aliphatic carbocycles. The van der Waals surface area contributed by atoms with E-state index in [1.54, 1.807) is 48.5 Å². The van der Waals surface area contributed by atoms with Gasteiger partial charge in [-0.2, -0.15) is 4.31 Å². The van der Waals surface area contributed by atoms with E-state index < -0.39 is 33.4 Å². The van der Waals surface area contributed by atoms with Gasteiger partial charge in [0, 0.05) is 23.9 Å². The summed E-state index contributed by atoms with van der Waals surface area (Å²) in [5.41, 5.74) is -0.495. The number of nitrogens with zero attached hydrogens (tertiary/aromatic N) is 1. The van der Waals surface area contributed by atoms with Crippen LogP contribution in [0.15, 0.2) is 59.5 Å². The normalized spacial score (nSPS) is 24.4. The zero-order chi connectivity index (χ0) is 23.7. The van der Waals surface area contributed by atoms with Crippen molar-refractivity contribution in [3.05, 3.63) is 65.7 Å². The molecule has 32 heavy (non-hydrogen) atoms. The van der Waals surface area contributed by atoms with Crippen molar-refractivity contribution in [1.29, 1.82) is 0 Å². The van der Waals surface area contributed by atoms with Gasteiger partial charge in [0.25, 0.3) is 0 Å². The Morgan fingerprint density at radius 1 is 1.09 bits per heavy atom. The van der Waals surface area contributed by atoms with Gasteiger partial charge in [-0.3, -0.25) is 9.59 Å². The minimum atomic E-state index is -3.95. The topological polar surface area (TPSA) is 91.8 Å². The largest absolute Gasteiger partial charge is 0.380 e. The molecule has 1 aliphatic heterocycles. The van der Waals surface area contributed by atoms with Crippen LogP contribution in [-0.4, -0.2) is 47.6 Å². The molecule has 0 unspecified atom stereocenters. The molecular formula is C25H31NO5S. The molecule has 3 atom stereocenters. The summed E-state index contributed by atoms with van der Waals surface area (Å²) in [6.07, 6.45) is 0.194. The summed E-state index contributed by atoms with van der Waals surface area (Å²) in [7, 11) is -3.95. The first kappa shape index (κ1) is 24.3. The number of piperidine rings is 1. The number of aryl methyl sites for hydroxylation is 1. The number of hydrogen-bond donors (Lipinski definition) is 1. The van der Waals surface area contributed by atoms with Crippen molar-refractivity contribution in [2.24, 2.45) is 11.8 Å². The number of benzene rings is 2. The number of aliphatic hydroxyl groups is 1. The number of Topliss-reactive ketones (excluding diaryl/α,β-unsaturated/α-hetero) is 2. The molecule has 0 saturated carbocycles. The van der Waals surface area contributed by atoms with Crippen molar-refractivity contribution >= 4 is 21.6 Å². The highest BCUT2D eigenvalue weighted by Crippen LogP contribution is 2.40. The number of carbonyl (C=O) groups excluding carboxylic acids is 2. The predicted molar refractivity (Wildman–Crippen MR) is 123 cm³/mol. The van der Waals surface area contributed by atoms with Gasteiger partial charge in [0.1, 0.15) is 5.60 Å². The molecule has 1 fully saturated rings. The highest BCUT2D eigenvalue weighted by atomic mass is 32.2. The zero-order valence-corrected chi connectivity index (χ0v) is 19.8. The van der Waals surface area contributed by atoms with Crippen molar-refractivity contribution in [2.75, 3.05) is 6.54 Å². The summed E-state index contributed by atoms with van der Waals surface area (Å²) in [4.78, 5) is 25.6. The van der Waals surface area contributed by atoms with Gasteiger partial charge in [0.15, 0.2) is 11.6 Å². The van der Waals surface area contributed by atoms with E-state index in [-0.39, 0.29) is 36.0 Å². The van der Waals surface area contributed by atoms with Crippen molar-refractivity contribution < 1.29 is 23.1 Å². The molecule has 0 amide bonds. The average molecular weight is 458 g/mol. The van der Waals surface area contributed by atoms with Crippen LogP contribution in [-0.2, 0) is 14.8 Å². The maximum atomic E-state index is 13.5. The lowest BCUT2D eigenvalue weighted by Gasteiger charge is -2.48. The summed E-state index contributed by atoms with van der Waals surface area (Å²) in [5.74, 6) is -1.45. The van der Waals surface area contributed by atoms with Crippen molar-refractivity contribution in [3.63, 3.8) is 0 Å². The first-order chi connectivity index (χ1) is 15.0. The lowest BCUT2D eigenvalue weighted by molar-refractivity contribution is -0.149. The molecule has 6 nitrogen and oxygen atoms in total. The third-order valence-electron chi connectivity index (χ3n) is 6.50. The summed E-state index contributed by atoms with van der Waals surface area (Å²) < 4.78 is 28.3. The number of rotatable bonds is 7. The quantitative estimate of drug-likeness (QED) is 0.641. The Hall–Kier alpha value is -2.35. The first-order valence-electron chi connectivity index (χ1n) is 10.9. The summed E-state index contributed by atoms with van der Waals surface area (Å²) in [6.45, 7) is 6.59. The second-order valence-electron chi connectivity index (χ2n) is 9.08. The van der Waals surface area contributed by atoms with Crippen LogP contribution in [0.5, 0.6) is 0 Å². The number of β-amino-alcohol motifs (C(OH)–C–C–N with tert-alkyl or cyclic N) is 1. The molecule has 172 valence electrons. The molecule has 3 rings (SSSR count). The number of hydrogen-bond acceptors (Lipinski definition) is 5.